The summed E-state index contributed by atoms with van der Waals surface area (Å²) in [6, 6.07) is 24.4. The average Bonchev–Trinajstić information content (AvgIpc) is 3.19. The molecule has 168 valence electrons. The van der Waals surface area contributed by atoms with Gasteiger partial charge in [-0.25, -0.2) is 14.9 Å². The van der Waals surface area contributed by atoms with Crippen LogP contribution >= 0.6 is 11.8 Å². The van der Waals surface area contributed by atoms with E-state index in [9.17, 15) is 14.7 Å². The average molecular weight is 469 g/mol. The molecule has 8 heteroatoms. The molecular weight excluding hydrogens is 448 g/mol. The topological polar surface area (TPSA) is 101 Å². The Morgan fingerprint density at radius 1 is 1.00 bits per heavy atom. The van der Waals surface area contributed by atoms with E-state index in [1.807, 2.05) is 72.2 Å². The van der Waals surface area contributed by atoms with Crippen LogP contribution in [0.1, 0.15) is 21.7 Å². The minimum absolute atomic E-state index is 0.258. The number of nitrogens with one attached hydrogen (secondary N) is 1. The molecule has 34 heavy (non-hydrogen) atoms. The van der Waals surface area contributed by atoms with Crippen molar-refractivity contribution in [2.75, 3.05) is 0 Å². The first kappa shape index (κ1) is 21.7. The highest BCUT2D eigenvalue weighted by molar-refractivity contribution is 7.99. The summed E-state index contributed by atoms with van der Waals surface area (Å²) >= 11 is 1.45. The third kappa shape index (κ3) is 4.11. The van der Waals surface area contributed by atoms with E-state index in [-0.39, 0.29) is 11.1 Å². The molecule has 0 spiro atoms. The number of carbonyl (C=O) groups is 1. The molecule has 0 aliphatic heterocycles. The Hall–Kier alpha value is -4.17. The number of fused-ring (bicyclic) bond motifs is 1. The fraction of sp³-hybridized carbons (Fsp3) is 0.0769. The molecular formula is C26H20N4O3S. The summed E-state index contributed by atoms with van der Waals surface area (Å²) in [5.41, 5.74) is 3.46. The minimum atomic E-state index is -0.961. The lowest BCUT2D eigenvalue weighted by molar-refractivity contribution is 0.0697. The van der Waals surface area contributed by atoms with Gasteiger partial charge in [0.15, 0.2) is 0 Å². The molecule has 0 aliphatic rings. The van der Waals surface area contributed by atoms with Crippen LogP contribution in [-0.2, 0) is 6.54 Å². The van der Waals surface area contributed by atoms with Gasteiger partial charge in [-0.3, -0.25) is 4.79 Å². The van der Waals surface area contributed by atoms with E-state index in [0.29, 0.717) is 34.0 Å². The monoisotopic (exact) mass is 468 g/mol. The zero-order valence-electron chi connectivity index (χ0n) is 18.2. The van der Waals surface area contributed by atoms with Crippen molar-refractivity contribution in [1.82, 2.24) is 19.7 Å². The number of aromatic carboxylic acids is 1. The first-order chi connectivity index (χ1) is 16.5. The largest absolute Gasteiger partial charge is 0.478 e. The van der Waals surface area contributed by atoms with Gasteiger partial charge in [-0.05, 0) is 41.8 Å². The highest BCUT2D eigenvalue weighted by Gasteiger charge is 2.17. The van der Waals surface area contributed by atoms with Crippen molar-refractivity contribution in [3.05, 3.63) is 106 Å². The summed E-state index contributed by atoms with van der Waals surface area (Å²) in [4.78, 5) is 29.9. The zero-order valence-corrected chi connectivity index (χ0v) is 19.0. The fourth-order valence-corrected chi connectivity index (χ4v) is 4.76. The van der Waals surface area contributed by atoms with Gasteiger partial charge >= 0.3 is 5.97 Å². The smallest absolute Gasteiger partial charge is 0.336 e. The van der Waals surface area contributed by atoms with Gasteiger partial charge in [-0.15, -0.1) is 0 Å². The predicted molar refractivity (Wildman–Crippen MR) is 131 cm³/mol. The van der Waals surface area contributed by atoms with Crippen LogP contribution in [0.15, 0.2) is 93.6 Å². The number of hydrogen-bond acceptors (Lipinski definition) is 5. The maximum Gasteiger partial charge on any atom is 0.336 e. The summed E-state index contributed by atoms with van der Waals surface area (Å²) < 4.78 is 1.88. The van der Waals surface area contributed by atoms with Gasteiger partial charge in [0, 0.05) is 11.4 Å². The Morgan fingerprint density at radius 3 is 2.44 bits per heavy atom. The van der Waals surface area contributed by atoms with Crippen molar-refractivity contribution in [3.8, 4) is 11.1 Å². The number of H-pyrrole nitrogens is 1. The zero-order chi connectivity index (χ0) is 23.7. The molecule has 0 atom stereocenters. The summed E-state index contributed by atoms with van der Waals surface area (Å²) in [6.45, 7) is 2.32. The Balaban J connectivity index is 1.49. The van der Waals surface area contributed by atoms with Crippen molar-refractivity contribution in [1.29, 1.82) is 0 Å². The Labute approximate surface area is 199 Å². The quantitative estimate of drug-likeness (QED) is 0.364. The van der Waals surface area contributed by atoms with Crippen LogP contribution in [0.3, 0.4) is 0 Å². The molecule has 0 bridgehead atoms. The molecule has 0 aliphatic carbocycles. The molecule has 2 aromatic heterocycles. The number of aryl methyl sites for hydroxylation is 1. The summed E-state index contributed by atoms with van der Waals surface area (Å²) in [5.74, 6) is -0.249. The lowest BCUT2D eigenvalue weighted by Gasteiger charge is -2.10. The number of rotatable bonds is 6. The van der Waals surface area contributed by atoms with Gasteiger partial charge in [-0.2, -0.15) is 5.10 Å². The van der Waals surface area contributed by atoms with Gasteiger partial charge < -0.3 is 9.67 Å². The summed E-state index contributed by atoms with van der Waals surface area (Å²) in [6.07, 6.45) is 0. The maximum atomic E-state index is 12.7. The second-order valence-corrected chi connectivity index (χ2v) is 8.83. The number of benzene rings is 3. The molecule has 2 heterocycles. The summed E-state index contributed by atoms with van der Waals surface area (Å²) in [7, 11) is 0. The molecule has 0 saturated carbocycles. The van der Waals surface area contributed by atoms with Crippen LogP contribution < -0.4 is 5.56 Å². The van der Waals surface area contributed by atoms with E-state index in [1.54, 1.807) is 18.2 Å². The van der Waals surface area contributed by atoms with E-state index >= 15 is 0 Å². The predicted octanol–water partition coefficient (Wildman–Crippen LogP) is 4.99. The second kappa shape index (κ2) is 8.99. The van der Waals surface area contributed by atoms with Crippen molar-refractivity contribution in [3.63, 3.8) is 0 Å². The Morgan fingerprint density at radius 2 is 1.71 bits per heavy atom. The molecule has 0 radical (unpaired) electrons. The van der Waals surface area contributed by atoms with Gasteiger partial charge in [0.25, 0.3) is 5.56 Å². The molecule has 3 aromatic carbocycles. The standard InChI is InChI=1S/C26H20N4O3S/c1-16-27-22-23(24(31)28-29-25(22)34-19-7-3-2-4-8-19)30(16)15-17-11-13-18(14-12-17)20-9-5-6-10-21(20)26(32)33/h2-14H,15H2,1H3,(H,28,31)(H,32,33). The Kier molecular flexibility index (Phi) is 5.73. The lowest BCUT2D eigenvalue weighted by Crippen LogP contribution is -2.14. The van der Waals surface area contributed by atoms with Crippen molar-refractivity contribution in [2.45, 2.75) is 23.4 Å². The van der Waals surface area contributed by atoms with E-state index in [1.165, 1.54) is 11.8 Å². The number of aromatic nitrogens is 4. The van der Waals surface area contributed by atoms with E-state index in [2.05, 4.69) is 15.2 Å². The molecule has 7 nitrogen and oxygen atoms in total. The third-order valence-corrected chi connectivity index (χ3v) is 6.54. The first-order valence-electron chi connectivity index (χ1n) is 10.6. The van der Waals surface area contributed by atoms with Gasteiger partial charge in [0.2, 0.25) is 0 Å². The highest BCUT2D eigenvalue weighted by atomic mass is 32.2. The number of hydrogen-bond donors (Lipinski definition) is 2. The SMILES string of the molecule is Cc1nc2c(Sc3ccccc3)n[nH]c(=O)c2n1Cc1ccc(-c2ccccc2C(=O)O)cc1. The van der Waals surface area contributed by atoms with Gasteiger partial charge in [0.05, 0.1) is 5.56 Å². The van der Waals surface area contributed by atoms with Crippen molar-refractivity contribution >= 4 is 28.8 Å². The minimum Gasteiger partial charge on any atom is -0.478 e. The van der Waals surface area contributed by atoms with Crippen LogP contribution in [0.2, 0.25) is 0 Å². The third-order valence-electron chi connectivity index (χ3n) is 5.56. The van der Waals surface area contributed by atoms with Crippen LogP contribution in [0.5, 0.6) is 0 Å². The number of carboxylic acid groups (broad SMARTS) is 1. The van der Waals surface area contributed by atoms with Crippen LogP contribution in [0.25, 0.3) is 22.2 Å². The number of carboxylic acids is 1. The summed E-state index contributed by atoms with van der Waals surface area (Å²) in [5, 5.41) is 17.0. The number of aromatic amines is 1. The fourth-order valence-electron chi connectivity index (χ4n) is 3.91. The molecule has 0 amide bonds. The van der Waals surface area contributed by atoms with Crippen LogP contribution in [-0.4, -0.2) is 30.8 Å². The van der Waals surface area contributed by atoms with Crippen molar-refractivity contribution in [2.24, 2.45) is 0 Å². The molecule has 0 saturated heterocycles. The van der Waals surface area contributed by atoms with Gasteiger partial charge in [0.1, 0.15) is 21.9 Å². The maximum absolute atomic E-state index is 12.7. The van der Waals surface area contributed by atoms with Crippen LogP contribution in [0, 0.1) is 6.92 Å². The van der Waals surface area contributed by atoms with Gasteiger partial charge in [-0.1, -0.05) is 72.4 Å². The highest BCUT2D eigenvalue weighted by Crippen LogP contribution is 2.30. The van der Waals surface area contributed by atoms with E-state index in [4.69, 9.17) is 0 Å². The van der Waals surface area contributed by atoms with Crippen molar-refractivity contribution < 1.29 is 9.90 Å². The van der Waals surface area contributed by atoms with E-state index < -0.39 is 5.97 Å². The molecule has 5 rings (SSSR count). The van der Waals surface area contributed by atoms with Crippen LogP contribution in [0.4, 0.5) is 0 Å². The number of nitrogens with zero attached hydrogens (tertiary/aromatic N) is 3. The molecule has 0 fully saturated rings. The molecule has 2 N–H and O–H groups in total. The molecule has 0 unspecified atom stereocenters. The second-order valence-electron chi connectivity index (χ2n) is 7.76. The number of imidazole rings is 1. The first-order valence-corrected chi connectivity index (χ1v) is 11.4. The Bertz CT molecular complexity index is 1560. The molecule has 5 aromatic rings. The van der Waals surface area contributed by atoms with E-state index in [0.717, 1.165) is 16.0 Å². The normalized spacial score (nSPS) is 11.1. The lowest BCUT2D eigenvalue weighted by atomic mass is 9.99.